The van der Waals surface area contributed by atoms with Crippen LogP contribution in [0.25, 0.3) is 0 Å². The van der Waals surface area contributed by atoms with E-state index >= 15 is 0 Å². The molecule has 1 N–H and O–H groups in total. The first-order chi connectivity index (χ1) is 26.2. The second-order valence-electron chi connectivity index (χ2n) is 11.6. The number of rotatable bonds is 12. The van der Waals surface area contributed by atoms with E-state index in [1.165, 1.54) is 98.2 Å². The number of sulfone groups is 2. The number of hydrogen-bond donors (Lipinski definition) is 1. The molecule has 1 unspecified atom stereocenters. The van der Waals surface area contributed by atoms with Crippen LogP contribution in [0.2, 0.25) is 0 Å². The molecule has 0 fully saturated rings. The van der Waals surface area contributed by atoms with Crippen LogP contribution >= 0.6 is 0 Å². The molecule has 55 heavy (non-hydrogen) atoms. The van der Waals surface area contributed by atoms with Gasteiger partial charge < -0.3 is 14.6 Å². The molecule has 0 aliphatic heterocycles. The van der Waals surface area contributed by atoms with Crippen LogP contribution in [0.4, 0.5) is 17.6 Å². The fourth-order valence-electron chi connectivity index (χ4n) is 4.92. The van der Waals surface area contributed by atoms with Crippen LogP contribution in [-0.4, -0.2) is 38.2 Å². The summed E-state index contributed by atoms with van der Waals surface area (Å²) in [4.78, 5) is 18.7. The van der Waals surface area contributed by atoms with E-state index in [1.807, 2.05) is 0 Å². The third-order valence-electron chi connectivity index (χ3n) is 7.73. The van der Waals surface area contributed by atoms with E-state index < -0.39 is 49.0 Å². The second kappa shape index (κ2) is 17.4. The van der Waals surface area contributed by atoms with E-state index in [-0.39, 0.29) is 55.7 Å². The van der Waals surface area contributed by atoms with Crippen molar-refractivity contribution in [3.63, 3.8) is 0 Å². The smallest absolute Gasteiger partial charge is 0.224 e. The number of aromatic nitrogens is 2. The number of aliphatic hydroxyl groups excluding tert-OH is 1. The molecule has 2 heterocycles. The first-order valence-corrected chi connectivity index (χ1v) is 19.0. The van der Waals surface area contributed by atoms with E-state index in [1.54, 1.807) is 6.07 Å². The van der Waals surface area contributed by atoms with Gasteiger partial charge in [-0.15, -0.1) is 0 Å². The average Bonchev–Trinajstić information content (AvgIpc) is 3.18. The molecule has 284 valence electrons. The minimum absolute atomic E-state index is 0.00446. The number of halogens is 4. The summed E-state index contributed by atoms with van der Waals surface area (Å²) in [5.41, 5.74) is 1.35. The highest BCUT2D eigenvalue weighted by Crippen LogP contribution is 2.27. The Morgan fingerprint density at radius 3 is 1.51 bits per heavy atom. The van der Waals surface area contributed by atoms with Crippen molar-refractivity contribution in [1.82, 2.24) is 9.97 Å². The normalized spacial score (nSPS) is 11.9. The molecular weight excluding hydrogens is 765 g/mol. The van der Waals surface area contributed by atoms with Gasteiger partial charge in [-0.05, 0) is 84.8 Å². The van der Waals surface area contributed by atoms with Crippen LogP contribution < -0.4 is 9.47 Å². The zero-order valence-electron chi connectivity index (χ0n) is 28.6. The van der Waals surface area contributed by atoms with Gasteiger partial charge in [0.05, 0.1) is 21.5 Å². The first-order valence-electron chi connectivity index (χ1n) is 16.1. The minimum atomic E-state index is -3.96. The highest BCUT2D eigenvalue weighted by molar-refractivity contribution is 7.91. The topological polar surface area (TPSA) is 150 Å². The molecule has 0 aliphatic carbocycles. The summed E-state index contributed by atoms with van der Waals surface area (Å²) < 4.78 is 114. The Morgan fingerprint density at radius 1 is 0.636 bits per heavy atom. The van der Waals surface area contributed by atoms with Crippen LogP contribution in [0.3, 0.4) is 0 Å². The molecule has 6 rings (SSSR count). The quantitative estimate of drug-likeness (QED) is 0.0981. The molecule has 0 saturated heterocycles. The highest BCUT2D eigenvalue weighted by atomic mass is 32.2. The van der Waals surface area contributed by atoms with Crippen LogP contribution in [0.15, 0.2) is 141 Å². The fourth-order valence-corrected chi connectivity index (χ4v) is 7.73. The van der Waals surface area contributed by atoms with Gasteiger partial charge in [-0.2, -0.15) is 0 Å². The Hall–Kier alpha value is -5.97. The van der Waals surface area contributed by atoms with Crippen molar-refractivity contribution in [3.8, 4) is 11.5 Å². The standard InChI is InChI=1S/C20H17F2NO4S.C19H13F2NO4S/c1-13(24)17-3-2-10-23-20(17)28(25,26)16-7-4-14(5-8-16)12-27-19-9-6-15(21)11-18(19)22;20-15-5-8-18(17(21)10-15)26-12-13-3-6-16(7-4-13)27(24,25)19-14(11-23)2-1-9-22-19/h2-11,13,24H,12H2,1H3;1-11H,12H2. The Bertz CT molecular complexity index is 2520. The number of hydrogen-bond acceptors (Lipinski definition) is 10. The van der Waals surface area contributed by atoms with Gasteiger partial charge in [-0.25, -0.2) is 44.4 Å². The molecule has 16 heteroatoms. The summed E-state index contributed by atoms with van der Waals surface area (Å²) in [5, 5.41) is 9.27. The summed E-state index contributed by atoms with van der Waals surface area (Å²) in [5.74, 6) is -3.28. The molecule has 0 saturated carbocycles. The third kappa shape index (κ3) is 9.78. The lowest BCUT2D eigenvalue weighted by molar-refractivity contribution is 0.111. The zero-order chi connectivity index (χ0) is 39.8. The SMILES string of the molecule is CC(O)c1cccnc1S(=O)(=O)c1ccc(COc2ccc(F)cc2F)cc1.O=Cc1cccnc1S(=O)(=O)c1ccc(COc2ccc(F)cc2F)cc1. The van der Waals surface area contributed by atoms with Crippen molar-refractivity contribution in [1.29, 1.82) is 0 Å². The van der Waals surface area contributed by atoms with Gasteiger partial charge in [0.1, 0.15) is 24.8 Å². The summed E-state index contributed by atoms with van der Waals surface area (Å²) in [6, 6.07) is 23.3. The number of aliphatic hydroxyl groups is 1. The number of nitrogens with zero attached hydrogens (tertiary/aromatic N) is 2. The largest absolute Gasteiger partial charge is 0.486 e. The lowest BCUT2D eigenvalue weighted by atomic mass is 10.2. The van der Waals surface area contributed by atoms with Gasteiger partial charge in [-0.3, -0.25) is 4.79 Å². The first kappa shape index (κ1) is 40.2. The van der Waals surface area contributed by atoms with Crippen molar-refractivity contribution in [2.24, 2.45) is 0 Å². The second-order valence-corrected chi connectivity index (χ2v) is 15.3. The molecule has 0 aliphatic rings. The highest BCUT2D eigenvalue weighted by Gasteiger charge is 2.25. The molecule has 4 aromatic carbocycles. The van der Waals surface area contributed by atoms with Crippen LogP contribution in [0, 0.1) is 23.3 Å². The molecule has 0 bridgehead atoms. The van der Waals surface area contributed by atoms with E-state index in [9.17, 15) is 44.3 Å². The number of ether oxygens (including phenoxy) is 2. The lowest BCUT2D eigenvalue weighted by Crippen LogP contribution is -2.10. The van der Waals surface area contributed by atoms with Crippen molar-refractivity contribution in [2.45, 2.75) is 46.1 Å². The number of benzene rings is 4. The predicted octanol–water partition coefficient (Wildman–Crippen LogP) is 7.41. The maximum atomic E-state index is 13.6. The molecule has 0 radical (unpaired) electrons. The summed E-state index contributed by atoms with van der Waals surface area (Å²) in [6.45, 7) is 1.41. The van der Waals surface area contributed by atoms with Gasteiger partial charge in [0.25, 0.3) is 0 Å². The molecular formula is C39H30F4N2O8S2. The number of pyridine rings is 2. The molecule has 6 aromatic rings. The maximum absolute atomic E-state index is 13.6. The summed E-state index contributed by atoms with van der Waals surface area (Å²) in [6.07, 6.45) is 2.08. The van der Waals surface area contributed by atoms with Crippen LogP contribution in [0.1, 0.15) is 40.1 Å². The number of carbonyl (C=O) groups is 1. The zero-order valence-corrected chi connectivity index (χ0v) is 30.3. The van der Waals surface area contributed by atoms with E-state index in [0.29, 0.717) is 23.5 Å². The van der Waals surface area contributed by atoms with Crippen molar-refractivity contribution < 1.29 is 53.8 Å². The molecule has 2 aromatic heterocycles. The summed E-state index contributed by atoms with van der Waals surface area (Å²) >= 11 is 0. The number of carbonyl (C=O) groups excluding carboxylic acids is 1. The van der Waals surface area contributed by atoms with Crippen molar-refractivity contribution >= 4 is 26.0 Å². The van der Waals surface area contributed by atoms with Gasteiger partial charge in [-0.1, -0.05) is 30.3 Å². The number of aldehydes is 1. The van der Waals surface area contributed by atoms with Crippen molar-refractivity contribution in [2.75, 3.05) is 0 Å². The van der Waals surface area contributed by atoms with Gasteiger partial charge >= 0.3 is 0 Å². The Labute approximate surface area is 313 Å². The van der Waals surface area contributed by atoms with Gasteiger partial charge in [0.2, 0.25) is 19.7 Å². The minimum Gasteiger partial charge on any atom is -0.486 e. The van der Waals surface area contributed by atoms with Gasteiger partial charge in [0, 0.05) is 30.1 Å². The monoisotopic (exact) mass is 794 g/mol. The third-order valence-corrected chi connectivity index (χ3v) is 11.2. The average molecular weight is 795 g/mol. The van der Waals surface area contributed by atoms with E-state index in [2.05, 4.69) is 9.97 Å². The molecule has 0 spiro atoms. The maximum Gasteiger partial charge on any atom is 0.224 e. The lowest BCUT2D eigenvalue weighted by Gasteiger charge is -2.12. The molecule has 0 amide bonds. The predicted molar refractivity (Wildman–Crippen MR) is 190 cm³/mol. The van der Waals surface area contributed by atoms with Crippen LogP contribution in [-0.2, 0) is 32.9 Å². The van der Waals surface area contributed by atoms with Crippen molar-refractivity contribution in [3.05, 3.63) is 167 Å². The van der Waals surface area contributed by atoms with E-state index in [4.69, 9.17) is 9.47 Å². The molecule has 10 nitrogen and oxygen atoms in total. The Kier molecular flexibility index (Phi) is 12.8. The Morgan fingerprint density at radius 2 is 1.07 bits per heavy atom. The fraction of sp³-hybridized carbons (Fsp3) is 0.103. The van der Waals surface area contributed by atoms with Gasteiger partial charge in [0.15, 0.2) is 39.5 Å². The van der Waals surface area contributed by atoms with Crippen LogP contribution in [0.5, 0.6) is 11.5 Å². The van der Waals surface area contributed by atoms with E-state index in [0.717, 1.165) is 18.2 Å². The summed E-state index contributed by atoms with van der Waals surface area (Å²) in [7, 11) is -7.89. The Balaban J connectivity index is 0.000000211. The molecule has 1 atom stereocenters.